The minimum atomic E-state index is -0.317. The Morgan fingerprint density at radius 3 is 2.54 bits per heavy atom. The fourth-order valence-corrected chi connectivity index (χ4v) is 3.92. The molecule has 1 aromatic heterocycles. The molecule has 0 saturated heterocycles. The van der Waals surface area contributed by atoms with Crippen LogP contribution in [-0.4, -0.2) is 29.6 Å². The van der Waals surface area contributed by atoms with E-state index in [0.29, 0.717) is 6.54 Å². The summed E-state index contributed by atoms with van der Waals surface area (Å²) in [6.07, 6.45) is 3.48. The van der Waals surface area contributed by atoms with Gasteiger partial charge in [0.1, 0.15) is 11.5 Å². The predicted molar refractivity (Wildman–Crippen MR) is 113 cm³/mol. The number of carbonyl (C=O) groups excluding carboxylic acids is 1. The highest BCUT2D eigenvalue weighted by Crippen LogP contribution is 2.49. The topological polar surface area (TPSA) is 46.3 Å². The van der Waals surface area contributed by atoms with Gasteiger partial charge in [0.05, 0.1) is 5.41 Å². The van der Waals surface area contributed by atoms with Crippen LogP contribution in [0.25, 0.3) is 11.3 Å². The lowest BCUT2D eigenvalue weighted by Gasteiger charge is -2.24. The molecule has 4 rings (SSSR count). The number of halogens is 1. The second kappa shape index (κ2) is 7.92. The van der Waals surface area contributed by atoms with E-state index in [1.54, 1.807) is 0 Å². The number of hydrogen-bond acceptors (Lipinski definition) is 3. The minimum absolute atomic E-state index is 0.220. The van der Waals surface area contributed by atoms with Crippen molar-refractivity contribution in [2.45, 2.75) is 31.1 Å². The molecule has 0 N–H and O–H groups in total. The van der Waals surface area contributed by atoms with Crippen LogP contribution in [0, 0.1) is 0 Å². The van der Waals surface area contributed by atoms with E-state index in [1.807, 2.05) is 60.5 Å². The van der Waals surface area contributed by atoms with E-state index in [2.05, 4.69) is 33.2 Å². The Morgan fingerprint density at radius 1 is 1.14 bits per heavy atom. The number of aromatic nitrogens is 1. The lowest BCUT2D eigenvalue weighted by atomic mass is 9.94. The molecule has 5 heteroatoms. The van der Waals surface area contributed by atoms with Gasteiger partial charge in [0, 0.05) is 36.1 Å². The molecule has 1 aliphatic rings. The molecule has 0 unspecified atom stereocenters. The van der Waals surface area contributed by atoms with Crippen LogP contribution in [0.15, 0.2) is 69.7 Å². The molecular weight excluding hydrogens is 416 g/mol. The smallest absolute Gasteiger partial charge is 0.232 e. The number of rotatable bonds is 7. The Bertz CT molecular complexity index is 946. The highest BCUT2D eigenvalue weighted by molar-refractivity contribution is 9.10. The third-order valence-electron chi connectivity index (χ3n) is 5.45. The van der Waals surface area contributed by atoms with Crippen LogP contribution in [-0.2, 0) is 16.6 Å². The minimum Gasteiger partial charge on any atom is -0.361 e. The van der Waals surface area contributed by atoms with E-state index in [4.69, 9.17) is 4.52 Å². The van der Waals surface area contributed by atoms with Crippen LogP contribution in [0.3, 0.4) is 0 Å². The van der Waals surface area contributed by atoms with Gasteiger partial charge in [0.2, 0.25) is 5.91 Å². The third-order valence-corrected chi connectivity index (χ3v) is 5.98. The van der Waals surface area contributed by atoms with Crippen LogP contribution in [0.5, 0.6) is 0 Å². The summed E-state index contributed by atoms with van der Waals surface area (Å²) in [6, 6.07) is 20.1. The number of benzene rings is 2. The zero-order valence-corrected chi connectivity index (χ0v) is 17.5. The summed E-state index contributed by atoms with van der Waals surface area (Å²) in [5.74, 6) is 1.08. The largest absolute Gasteiger partial charge is 0.361 e. The molecule has 144 valence electrons. The fourth-order valence-electron chi connectivity index (χ4n) is 3.65. The Hall–Kier alpha value is -2.40. The highest BCUT2D eigenvalue weighted by Gasteiger charge is 2.52. The van der Waals surface area contributed by atoms with E-state index >= 15 is 0 Å². The molecule has 1 saturated carbocycles. The zero-order valence-electron chi connectivity index (χ0n) is 15.9. The van der Waals surface area contributed by atoms with Gasteiger partial charge in [-0.15, -0.1) is 0 Å². The molecule has 2 aromatic carbocycles. The monoisotopic (exact) mass is 438 g/mol. The number of hydrogen-bond donors (Lipinski definition) is 0. The van der Waals surface area contributed by atoms with Gasteiger partial charge >= 0.3 is 0 Å². The molecule has 28 heavy (non-hydrogen) atoms. The van der Waals surface area contributed by atoms with E-state index in [-0.39, 0.29) is 11.3 Å². The number of carbonyl (C=O) groups is 1. The Labute approximate surface area is 173 Å². The van der Waals surface area contributed by atoms with E-state index in [1.165, 1.54) is 0 Å². The Balaban J connectivity index is 1.32. The van der Waals surface area contributed by atoms with Crippen LogP contribution in [0.4, 0.5) is 0 Å². The molecule has 0 spiro atoms. The second-order valence-electron chi connectivity index (χ2n) is 7.46. The summed E-state index contributed by atoms with van der Waals surface area (Å²) in [4.78, 5) is 14.9. The maximum atomic E-state index is 13.0. The standard InChI is InChI=1S/C23H23BrN2O2/c1-26(22(27)23(13-14-23)18-9-11-19(24)12-10-18)15-5-8-20-16-21(25-28-20)17-6-3-2-4-7-17/h2-4,6-7,9-12,16H,5,8,13-15H2,1H3. The zero-order chi connectivity index (χ0) is 19.6. The van der Waals surface area contributed by atoms with Gasteiger partial charge in [-0.1, -0.05) is 63.6 Å². The molecular formula is C23H23BrN2O2. The summed E-state index contributed by atoms with van der Waals surface area (Å²) in [6.45, 7) is 0.707. The third kappa shape index (κ3) is 3.90. The van der Waals surface area contributed by atoms with Crippen LogP contribution < -0.4 is 0 Å². The Morgan fingerprint density at radius 2 is 1.86 bits per heavy atom. The fraction of sp³-hybridized carbons (Fsp3) is 0.304. The van der Waals surface area contributed by atoms with E-state index in [9.17, 15) is 4.79 Å². The first-order valence-corrected chi connectivity index (χ1v) is 10.4. The average molecular weight is 439 g/mol. The van der Waals surface area contributed by atoms with Gasteiger partial charge in [-0.25, -0.2) is 0 Å². The number of likely N-dealkylation sites (N-methyl/N-ethyl adjacent to an activating group) is 1. The van der Waals surface area contributed by atoms with Crippen molar-refractivity contribution < 1.29 is 9.32 Å². The summed E-state index contributed by atoms with van der Waals surface area (Å²) < 4.78 is 6.50. The van der Waals surface area contributed by atoms with Gasteiger partial charge in [0.25, 0.3) is 0 Å². The molecule has 1 amide bonds. The predicted octanol–water partition coefficient (Wildman–Crippen LogP) is 5.23. The molecule has 0 aliphatic heterocycles. The van der Waals surface area contributed by atoms with Gasteiger partial charge in [-0.3, -0.25) is 4.79 Å². The number of aryl methyl sites for hydroxylation is 1. The van der Waals surface area contributed by atoms with Crippen molar-refractivity contribution in [1.82, 2.24) is 10.1 Å². The van der Waals surface area contributed by atoms with Crippen molar-refractivity contribution in [3.8, 4) is 11.3 Å². The van der Waals surface area contributed by atoms with E-state index < -0.39 is 0 Å². The molecule has 0 atom stereocenters. The maximum absolute atomic E-state index is 13.0. The first kappa shape index (κ1) is 18.9. The molecule has 1 aliphatic carbocycles. The molecule has 3 aromatic rings. The normalized spacial score (nSPS) is 14.6. The van der Waals surface area contributed by atoms with Crippen molar-refractivity contribution in [3.05, 3.63) is 76.5 Å². The molecule has 0 bridgehead atoms. The van der Waals surface area contributed by atoms with Crippen molar-refractivity contribution >= 4 is 21.8 Å². The second-order valence-corrected chi connectivity index (χ2v) is 8.38. The van der Waals surface area contributed by atoms with Crippen molar-refractivity contribution in [3.63, 3.8) is 0 Å². The molecule has 1 heterocycles. The first-order valence-electron chi connectivity index (χ1n) is 9.61. The lowest BCUT2D eigenvalue weighted by molar-refractivity contribution is -0.132. The SMILES string of the molecule is CN(CCCc1cc(-c2ccccc2)no1)C(=O)C1(c2ccc(Br)cc2)CC1. The quantitative estimate of drug-likeness (QED) is 0.507. The first-order chi connectivity index (χ1) is 13.6. The summed E-state index contributed by atoms with van der Waals surface area (Å²) in [5.41, 5.74) is 2.71. The van der Waals surface area contributed by atoms with E-state index in [0.717, 1.165) is 52.7 Å². The summed E-state index contributed by atoms with van der Waals surface area (Å²) >= 11 is 3.46. The van der Waals surface area contributed by atoms with Gasteiger partial charge in [-0.2, -0.15) is 0 Å². The van der Waals surface area contributed by atoms with Crippen molar-refractivity contribution in [2.75, 3.05) is 13.6 Å². The summed E-state index contributed by atoms with van der Waals surface area (Å²) in [5, 5.41) is 4.16. The number of nitrogens with zero attached hydrogens (tertiary/aromatic N) is 2. The number of amides is 1. The maximum Gasteiger partial charge on any atom is 0.232 e. The van der Waals surface area contributed by atoms with Crippen LogP contribution >= 0.6 is 15.9 Å². The van der Waals surface area contributed by atoms with Crippen molar-refractivity contribution in [1.29, 1.82) is 0 Å². The molecule has 0 radical (unpaired) electrons. The van der Waals surface area contributed by atoms with Crippen LogP contribution in [0.2, 0.25) is 0 Å². The lowest BCUT2D eigenvalue weighted by Crippen LogP contribution is -2.37. The Kier molecular flexibility index (Phi) is 5.36. The molecule has 1 fully saturated rings. The molecule has 4 nitrogen and oxygen atoms in total. The highest BCUT2D eigenvalue weighted by atomic mass is 79.9. The van der Waals surface area contributed by atoms with Gasteiger partial charge in [-0.05, 0) is 37.0 Å². The van der Waals surface area contributed by atoms with Crippen molar-refractivity contribution in [2.24, 2.45) is 0 Å². The summed E-state index contributed by atoms with van der Waals surface area (Å²) in [7, 11) is 1.90. The van der Waals surface area contributed by atoms with Crippen LogP contribution in [0.1, 0.15) is 30.6 Å². The average Bonchev–Trinajstić information content (AvgIpc) is 3.40. The van der Waals surface area contributed by atoms with Gasteiger partial charge in [0.15, 0.2) is 0 Å². The van der Waals surface area contributed by atoms with Gasteiger partial charge < -0.3 is 9.42 Å².